The molecular weight excluding hydrogens is 334 g/mol. The maximum absolute atomic E-state index is 13.4. The number of para-hydroxylation sites is 1. The van der Waals surface area contributed by atoms with E-state index in [4.69, 9.17) is 4.74 Å². The first kappa shape index (κ1) is 16.5. The smallest absolute Gasteiger partial charge is 0.256 e. The summed E-state index contributed by atoms with van der Waals surface area (Å²) in [7, 11) is 0. The molecule has 0 spiro atoms. The van der Waals surface area contributed by atoms with Crippen molar-refractivity contribution in [3.63, 3.8) is 0 Å². The van der Waals surface area contributed by atoms with E-state index in [1.807, 2.05) is 34.7 Å². The van der Waals surface area contributed by atoms with Gasteiger partial charge in [-0.3, -0.25) is 4.79 Å². The SMILES string of the molecule is O=C(c1ccccc1N1CCOCC1)N1CCCC[C@H]1c1nccs1. The summed E-state index contributed by atoms with van der Waals surface area (Å²) in [5.74, 6) is 0.127. The fraction of sp³-hybridized carbons (Fsp3) is 0.474. The average Bonchev–Trinajstić information content (AvgIpc) is 3.23. The number of piperidine rings is 1. The van der Waals surface area contributed by atoms with E-state index in [1.165, 1.54) is 0 Å². The summed E-state index contributed by atoms with van der Waals surface area (Å²) in [6.07, 6.45) is 5.05. The van der Waals surface area contributed by atoms with E-state index in [0.717, 1.165) is 55.2 Å². The number of nitrogens with zero attached hydrogens (tertiary/aromatic N) is 3. The number of hydrogen-bond acceptors (Lipinski definition) is 5. The molecule has 0 unspecified atom stereocenters. The first-order valence-corrected chi connectivity index (χ1v) is 9.84. The van der Waals surface area contributed by atoms with E-state index in [1.54, 1.807) is 11.3 Å². The number of thiazole rings is 1. The third-order valence-corrected chi connectivity index (χ3v) is 5.86. The predicted molar refractivity (Wildman–Crippen MR) is 99.2 cm³/mol. The zero-order chi connectivity index (χ0) is 17.1. The Morgan fingerprint density at radius 2 is 2.00 bits per heavy atom. The van der Waals surface area contributed by atoms with Gasteiger partial charge in [-0.1, -0.05) is 12.1 Å². The number of likely N-dealkylation sites (tertiary alicyclic amines) is 1. The van der Waals surface area contributed by atoms with Crippen molar-refractivity contribution in [2.24, 2.45) is 0 Å². The van der Waals surface area contributed by atoms with E-state index < -0.39 is 0 Å². The van der Waals surface area contributed by atoms with Crippen LogP contribution in [0.15, 0.2) is 35.8 Å². The van der Waals surface area contributed by atoms with Crippen LogP contribution in [-0.4, -0.2) is 48.6 Å². The molecule has 6 heteroatoms. The number of anilines is 1. The third kappa shape index (κ3) is 3.41. The number of rotatable bonds is 3. The summed E-state index contributed by atoms with van der Waals surface area (Å²) in [6, 6.07) is 8.09. The van der Waals surface area contributed by atoms with Gasteiger partial charge in [-0.2, -0.15) is 0 Å². The molecule has 2 aliphatic rings. The Kier molecular flexibility index (Phi) is 4.99. The summed E-state index contributed by atoms with van der Waals surface area (Å²) in [6.45, 7) is 3.91. The van der Waals surface area contributed by atoms with E-state index in [2.05, 4.69) is 16.0 Å². The lowest BCUT2D eigenvalue weighted by atomic mass is 10.0. The Morgan fingerprint density at radius 1 is 1.16 bits per heavy atom. The number of ether oxygens (including phenoxy) is 1. The molecule has 0 radical (unpaired) electrons. The Labute approximate surface area is 152 Å². The molecule has 1 aromatic carbocycles. The molecule has 2 aromatic rings. The van der Waals surface area contributed by atoms with Crippen LogP contribution in [0.4, 0.5) is 5.69 Å². The molecule has 2 aliphatic heterocycles. The molecule has 4 rings (SSSR count). The van der Waals surface area contributed by atoms with Crippen molar-refractivity contribution < 1.29 is 9.53 Å². The number of carbonyl (C=O) groups excluding carboxylic acids is 1. The standard InChI is InChI=1S/C19H23N3O2S/c23-19(22-9-4-3-7-17(22)18-20-8-14-25-18)15-5-1-2-6-16(15)21-10-12-24-13-11-21/h1-2,5-6,8,14,17H,3-4,7,9-13H2/t17-/m0/s1. The number of benzene rings is 1. The summed E-state index contributed by atoms with van der Waals surface area (Å²) in [5.41, 5.74) is 1.83. The zero-order valence-corrected chi connectivity index (χ0v) is 15.1. The number of carbonyl (C=O) groups is 1. The molecule has 0 N–H and O–H groups in total. The van der Waals surface area contributed by atoms with E-state index in [-0.39, 0.29) is 11.9 Å². The Balaban J connectivity index is 1.63. The van der Waals surface area contributed by atoms with Gasteiger partial charge in [-0.15, -0.1) is 11.3 Å². The van der Waals surface area contributed by atoms with E-state index in [9.17, 15) is 4.79 Å². The fourth-order valence-electron chi connectivity index (χ4n) is 3.72. The van der Waals surface area contributed by atoms with Gasteiger partial charge in [0.2, 0.25) is 0 Å². The molecule has 0 bridgehead atoms. The van der Waals surface area contributed by atoms with Crippen LogP contribution in [-0.2, 0) is 4.74 Å². The molecule has 2 fully saturated rings. The van der Waals surface area contributed by atoms with Gasteiger partial charge >= 0.3 is 0 Å². The first-order chi connectivity index (χ1) is 12.3. The molecule has 1 amide bonds. The summed E-state index contributed by atoms with van der Waals surface area (Å²) in [5, 5.41) is 3.05. The number of morpholine rings is 1. The third-order valence-electron chi connectivity index (χ3n) is 4.99. The van der Waals surface area contributed by atoms with Gasteiger partial charge in [-0.05, 0) is 31.4 Å². The van der Waals surface area contributed by atoms with E-state index in [0.29, 0.717) is 13.2 Å². The Hall–Kier alpha value is -1.92. The maximum atomic E-state index is 13.4. The van der Waals surface area contributed by atoms with Crippen LogP contribution in [0.25, 0.3) is 0 Å². The van der Waals surface area contributed by atoms with Crippen molar-refractivity contribution in [3.8, 4) is 0 Å². The van der Waals surface area contributed by atoms with Crippen LogP contribution in [0, 0.1) is 0 Å². The lowest BCUT2D eigenvalue weighted by molar-refractivity contribution is 0.0611. The first-order valence-electron chi connectivity index (χ1n) is 8.96. The molecule has 5 nitrogen and oxygen atoms in total. The predicted octanol–water partition coefficient (Wildman–Crippen LogP) is 3.35. The van der Waals surface area contributed by atoms with Crippen LogP contribution in [0.2, 0.25) is 0 Å². The summed E-state index contributed by atoms with van der Waals surface area (Å²) in [4.78, 5) is 22.2. The highest BCUT2D eigenvalue weighted by molar-refractivity contribution is 7.09. The Bertz CT molecular complexity index is 713. The van der Waals surface area contributed by atoms with E-state index >= 15 is 0 Å². The van der Waals surface area contributed by atoms with Gasteiger partial charge in [0.1, 0.15) is 5.01 Å². The number of aromatic nitrogens is 1. The van der Waals surface area contributed by atoms with Crippen molar-refractivity contribution in [2.45, 2.75) is 25.3 Å². The van der Waals surface area contributed by atoms with Crippen LogP contribution < -0.4 is 4.90 Å². The largest absolute Gasteiger partial charge is 0.378 e. The highest BCUT2D eigenvalue weighted by Crippen LogP contribution is 2.34. The highest BCUT2D eigenvalue weighted by Gasteiger charge is 2.32. The lowest BCUT2D eigenvalue weighted by Crippen LogP contribution is -2.41. The zero-order valence-electron chi connectivity index (χ0n) is 14.3. The van der Waals surface area contributed by atoms with Crippen molar-refractivity contribution in [1.82, 2.24) is 9.88 Å². The van der Waals surface area contributed by atoms with Crippen molar-refractivity contribution in [3.05, 3.63) is 46.4 Å². The van der Waals surface area contributed by atoms with Gasteiger partial charge in [0.25, 0.3) is 5.91 Å². The molecule has 25 heavy (non-hydrogen) atoms. The van der Waals surface area contributed by atoms with Crippen LogP contribution >= 0.6 is 11.3 Å². The highest BCUT2D eigenvalue weighted by atomic mass is 32.1. The molecule has 0 aliphatic carbocycles. The summed E-state index contributed by atoms with van der Waals surface area (Å²) >= 11 is 1.65. The van der Waals surface area contributed by atoms with Crippen molar-refractivity contribution in [2.75, 3.05) is 37.7 Å². The minimum absolute atomic E-state index is 0.110. The fourth-order valence-corrected chi connectivity index (χ4v) is 4.50. The Morgan fingerprint density at radius 3 is 2.80 bits per heavy atom. The quantitative estimate of drug-likeness (QED) is 0.845. The van der Waals surface area contributed by atoms with Crippen molar-refractivity contribution in [1.29, 1.82) is 0 Å². The topological polar surface area (TPSA) is 45.7 Å². The second-order valence-electron chi connectivity index (χ2n) is 6.50. The molecule has 1 atom stereocenters. The molecule has 0 saturated carbocycles. The average molecular weight is 357 g/mol. The lowest BCUT2D eigenvalue weighted by Gasteiger charge is -2.36. The number of amides is 1. The second-order valence-corrected chi connectivity index (χ2v) is 7.42. The second kappa shape index (κ2) is 7.54. The molecule has 132 valence electrons. The minimum atomic E-state index is 0.110. The normalized spacial score (nSPS) is 21.4. The van der Waals surface area contributed by atoms with Gasteiger partial charge < -0.3 is 14.5 Å². The van der Waals surface area contributed by atoms with Gasteiger partial charge in [-0.25, -0.2) is 4.98 Å². The molecule has 3 heterocycles. The van der Waals surface area contributed by atoms with Gasteiger partial charge in [0.05, 0.1) is 24.8 Å². The van der Waals surface area contributed by atoms with Gasteiger partial charge in [0.15, 0.2) is 0 Å². The summed E-state index contributed by atoms with van der Waals surface area (Å²) < 4.78 is 5.46. The maximum Gasteiger partial charge on any atom is 0.256 e. The molecule has 1 aromatic heterocycles. The van der Waals surface area contributed by atoms with Crippen LogP contribution in [0.1, 0.15) is 40.7 Å². The van der Waals surface area contributed by atoms with Crippen molar-refractivity contribution >= 4 is 22.9 Å². The van der Waals surface area contributed by atoms with Gasteiger partial charge in [0, 0.05) is 36.9 Å². The van der Waals surface area contributed by atoms with Crippen LogP contribution in [0.5, 0.6) is 0 Å². The monoisotopic (exact) mass is 357 g/mol. The molecular formula is C19H23N3O2S. The minimum Gasteiger partial charge on any atom is -0.378 e. The molecule has 2 saturated heterocycles. The number of hydrogen-bond donors (Lipinski definition) is 0. The van der Waals surface area contributed by atoms with Crippen LogP contribution in [0.3, 0.4) is 0 Å².